The summed E-state index contributed by atoms with van der Waals surface area (Å²) in [7, 11) is 0. The summed E-state index contributed by atoms with van der Waals surface area (Å²) < 4.78 is 18.8. The number of benzene rings is 1. The molecule has 0 aliphatic carbocycles. The van der Waals surface area contributed by atoms with E-state index in [4.69, 9.17) is 4.42 Å². The van der Waals surface area contributed by atoms with Crippen molar-refractivity contribution >= 4 is 10.9 Å². The van der Waals surface area contributed by atoms with E-state index in [1.165, 1.54) is 6.07 Å². The Balaban J connectivity index is 2.29. The van der Waals surface area contributed by atoms with E-state index in [0.29, 0.717) is 11.3 Å². The third-order valence-corrected chi connectivity index (χ3v) is 2.42. The summed E-state index contributed by atoms with van der Waals surface area (Å²) in [6.07, 6.45) is 3.30. The Morgan fingerprint density at radius 2 is 2.13 bits per heavy atom. The molecule has 0 unspecified atom stereocenters. The van der Waals surface area contributed by atoms with Gasteiger partial charge in [-0.25, -0.2) is 4.39 Å². The number of furan rings is 1. The molecule has 3 heteroatoms. The summed E-state index contributed by atoms with van der Waals surface area (Å²) >= 11 is 0. The van der Waals surface area contributed by atoms with E-state index < -0.39 is 0 Å². The van der Waals surface area contributed by atoms with Crippen molar-refractivity contribution in [2.45, 2.75) is 0 Å². The molecule has 2 heterocycles. The molecular weight excluding hydrogens is 193 g/mol. The molecule has 15 heavy (non-hydrogen) atoms. The molecule has 0 aliphatic rings. The maximum absolute atomic E-state index is 13.6. The number of aromatic nitrogens is 1. The molecule has 0 radical (unpaired) electrons. The highest BCUT2D eigenvalue weighted by atomic mass is 19.1. The van der Waals surface area contributed by atoms with E-state index in [9.17, 15) is 4.39 Å². The van der Waals surface area contributed by atoms with Gasteiger partial charge in [0.2, 0.25) is 0 Å². The zero-order valence-corrected chi connectivity index (χ0v) is 7.83. The Kier molecular flexibility index (Phi) is 1.65. The van der Waals surface area contributed by atoms with Crippen molar-refractivity contribution in [1.82, 2.24) is 4.98 Å². The molecule has 0 amide bonds. The van der Waals surface area contributed by atoms with E-state index in [-0.39, 0.29) is 5.82 Å². The van der Waals surface area contributed by atoms with Gasteiger partial charge >= 0.3 is 0 Å². The molecule has 1 N–H and O–H groups in total. The van der Waals surface area contributed by atoms with Gasteiger partial charge in [0.25, 0.3) is 0 Å². The first-order chi connectivity index (χ1) is 7.34. The van der Waals surface area contributed by atoms with Gasteiger partial charge in [-0.3, -0.25) is 0 Å². The smallest absolute Gasteiger partial charge is 0.147 e. The van der Waals surface area contributed by atoms with E-state index in [1.807, 2.05) is 18.2 Å². The zero-order valence-electron chi connectivity index (χ0n) is 7.83. The largest absolute Gasteiger partial charge is 0.464 e. The van der Waals surface area contributed by atoms with Crippen molar-refractivity contribution in [3.63, 3.8) is 0 Å². The Labute approximate surface area is 85.3 Å². The SMILES string of the molecule is Fc1cc(-c2ccco2)cc2cc[nH]c12. The molecule has 0 fully saturated rings. The fourth-order valence-electron chi connectivity index (χ4n) is 1.71. The summed E-state index contributed by atoms with van der Waals surface area (Å²) in [5.41, 5.74) is 1.29. The lowest BCUT2D eigenvalue weighted by Gasteiger charge is -1.98. The van der Waals surface area contributed by atoms with Crippen LogP contribution in [0.25, 0.3) is 22.2 Å². The first-order valence-corrected chi connectivity index (χ1v) is 4.65. The van der Waals surface area contributed by atoms with Crippen molar-refractivity contribution in [1.29, 1.82) is 0 Å². The van der Waals surface area contributed by atoms with Crippen LogP contribution in [0.2, 0.25) is 0 Å². The van der Waals surface area contributed by atoms with Gasteiger partial charge in [-0.05, 0) is 30.3 Å². The van der Waals surface area contributed by atoms with Crippen LogP contribution in [-0.4, -0.2) is 4.98 Å². The van der Waals surface area contributed by atoms with Crippen molar-refractivity contribution in [2.75, 3.05) is 0 Å². The molecule has 2 nitrogen and oxygen atoms in total. The highest BCUT2D eigenvalue weighted by Crippen LogP contribution is 2.26. The normalized spacial score (nSPS) is 11.0. The van der Waals surface area contributed by atoms with Crippen LogP contribution in [0.1, 0.15) is 0 Å². The second-order valence-corrected chi connectivity index (χ2v) is 3.38. The van der Waals surface area contributed by atoms with Gasteiger partial charge in [-0.1, -0.05) is 0 Å². The van der Waals surface area contributed by atoms with Gasteiger partial charge in [0.1, 0.15) is 11.6 Å². The van der Waals surface area contributed by atoms with E-state index >= 15 is 0 Å². The minimum atomic E-state index is -0.260. The first kappa shape index (κ1) is 8.29. The highest BCUT2D eigenvalue weighted by molar-refractivity contribution is 5.84. The first-order valence-electron chi connectivity index (χ1n) is 4.65. The number of fused-ring (bicyclic) bond motifs is 1. The van der Waals surface area contributed by atoms with Crippen molar-refractivity contribution in [2.24, 2.45) is 0 Å². The van der Waals surface area contributed by atoms with Gasteiger partial charge in [0.05, 0.1) is 11.8 Å². The van der Waals surface area contributed by atoms with Crippen LogP contribution in [-0.2, 0) is 0 Å². The standard InChI is InChI=1S/C12H8FNO/c13-10-7-9(11-2-1-5-15-11)6-8-3-4-14-12(8)10/h1-7,14H. The third kappa shape index (κ3) is 1.24. The summed E-state index contributed by atoms with van der Waals surface area (Å²) in [5, 5.41) is 0.849. The molecule has 0 saturated heterocycles. The third-order valence-electron chi connectivity index (χ3n) is 2.42. The number of H-pyrrole nitrogens is 1. The van der Waals surface area contributed by atoms with E-state index in [1.54, 1.807) is 18.5 Å². The number of hydrogen-bond donors (Lipinski definition) is 1. The zero-order chi connectivity index (χ0) is 10.3. The number of hydrogen-bond acceptors (Lipinski definition) is 1. The quantitative estimate of drug-likeness (QED) is 0.640. The van der Waals surface area contributed by atoms with Crippen molar-refractivity contribution in [3.8, 4) is 11.3 Å². The Bertz CT molecular complexity index is 595. The molecule has 0 spiro atoms. The second-order valence-electron chi connectivity index (χ2n) is 3.38. The summed E-state index contributed by atoms with van der Waals surface area (Å²) in [5.74, 6) is 0.418. The second kappa shape index (κ2) is 2.98. The summed E-state index contributed by atoms with van der Waals surface area (Å²) in [4.78, 5) is 2.85. The minimum absolute atomic E-state index is 0.260. The van der Waals surface area contributed by atoms with Gasteiger partial charge in [0, 0.05) is 17.1 Å². The lowest BCUT2D eigenvalue weighted by Crippen LogP contribution is -1.80. The predicted octanol–water partition coefficient (Wildman–Crippen LogP) is 3.57. The monoisotopic (exact) mass is 201 g/mol. The van der Waals surface area contributed by atoms with Crippen LogP contribution in [0.4, 0.5) is 4.39 Å². The molecule has 0 atom stereocenters. The average Bonchev–Trinajstić information content (AvgIpc) is 2.88. The molecular formula is C12H8FNO. The van der Waals surface area contributed by atoms with Crippen LogP contribution >= 0.6 is 0 Å². The summed E-state index contributed by atoms with van der Waals surface area (Å²) in [6, 6.07) is 8.80. The molecule has 1 aromatic carbocycles. The lowest BCUT2D eigenvalue weighted by molar-refractivity contribution is 0.580. The summed E-state index contributed by atoms with van der Waals surface area (Å²) in [6.45, 7) is 0. The molecule has 0 saturated carbocycles. The van der Waals surface area contributed by atoms with Gasteiger partial charge in [-0.2, -0.15) is 0 Å². The number of halogens is 1. The fraction of sp³-hybridized carbons (Fsp3) is 0. The average molecular weight is 201 g/mol. The maximum atomic E-state index is 13.6. The minimum Gasteiger partial charge on any atom is -0.464 e. The van der Waals surface area contributed by atoms with Crippen LogP contribution in [0, 0.1) is 5.82 Å². The van der Waals surface area contributed by atoms with Crippen LogP contribution in [0.5, 0.6) is 0 Å². The Morgan fingerprint density at radius 1 is 1.20 bits per heavy atom. The maximum Gasteiger partial charge on any atom is 0.147 e. The molecule has 3 rings (SSSR count). The van der Waals surface area contributed by atoms with E-state index in [0.717, 1.165) is 10.9 Å². The molecule has 0 bridgehead atoms. The van der Waals surface area contributed by atoms with Gasteiger partial charge < -0.3 is 9.40 Å². The Morgan fingerprint density at radius 3 is 2.93 bits per heavy atom. The Hall–Kier alpha value is -2.03. The molecule has 3 aromatic rings. The van der Waals surface area contributed by atoms with Crippen molar-refractivity contribution in [3.05, 3.63) is 48.6 Å². The van der Waals surface area contributed by atoms with E-state index in [2.05, 4.69) is 4.98 Å². The predicted molar refractivity (Wildman–Crippen MR) is 56.0 cm³/mol. The topological polar surface area (TPSA) is 28.9 Å². The molecule has 0 aliphatic heterocycles. The molecule has 2 aromatic heterocycles. The van der Waals surface area contributed by atoms with Crippen LogP contribution < -0.4 is 0 Å². The van der Waals surface area contributed by atoms with Crippen molar-refractivity contribution < 1.29 is 8.81 Å². The molecule has 74 valence electrons. The fourth-order valence-corrected chi connectivity index (χ4v) is 1.71. The van der Waals surface area contributed by atoms with Crippen LogP contribution in [0.3, 0.4) is 0 Å². The number of aromatic amines is 1. The highest BCUT2D eigenvalue weighted by Gasteiger charge is 2.07. The van der Waals surface area contributed by atoms with Crippen LogP contribution in [0.15, 0.2) is 47.2 Å². The number of rotatable bonds is 1. The van der Waals surface area contributed by atoms with Gasteiger partial charge in [0.15, 0.2) is 0 Å². The number of nitrogens with one attached hydrogen (secondary N) is 1. The van der Waals surface area contributed by atoms with Gasteiger partial charge in [-0.15, -0.1) is 0 Å². The lowest BCUT2D eigenvalue weighted by atomic mass is 10.1.